The maximum atomic E-state index is 11.6. The van der Waals surface area contributed by atoms with Crippen LogP contribution in [0.3, 0.4) is 0 Å². The largest absolute Gasteiger partial charge is 0.328 e. The molecule has 0 saturated heterocycles. The van der Waals surface area contributed by atoms with Crippen molar-refractivity contribution in [2.75, 3.05) is 6.54 Å². The Balaban J connectivity index is 2.96. The average Bonchev–Trinajstić information content (AvgIpc) is 2.28. The standard InChI is InChI=1S/C9H12N2O5S/c1-7(6-10)16-17(14,15)9-4-2-8(3-5-9)11(12)13/h2-5,7H,6,10H2,1H3/t7-/m1/s1. The number of benzene rings is 1. The summed E-state index contributed by atoms with van der Waals surface area (Å²) in [5.41, 5.74) is 5.06. The summed E-state index contributed by atoms with van der Waals surface area (Å²) >= 11 is 0. The fourth-order valence-electron chi connectivity index (χ4n) is 1.05. The second-order valence-electron chi connectivity index (χ2n) is 3.35. The van der Waals surface area contributed by atoms with Gasteiger partial charge in [0, 0.05) is 18.7 Å². The summed E-state index contributed by atoms with van der Waals surface area (Å²) in [6.07, 6.45) is -0.643. The lowest BCUT2D eigenvalue weighted by Crippen LogP contribution is -2.23. The molecule has 0 aliphatic heterocycles. The van der Waals surface area contributed by atoms with E-state index in [1.165, 1.54) is 6.92 Å². The Hall–Kier alpha value is -1.51. The van der Waals surface area contributed by atoms with Crippen LogP contribution >= 0.6 is 0 Å². The summed E-state index contributed by atoms with van der Waals surface area (Å²) < 4.78 is 28.0. The predicted molar refractivity (Wildman–Crippen MR) is 59.9 cm³/mol. The number of hydrogen-bond donors (Lipinski definition) is 1. The zero-order valence-electron chi connectivity index (χ0n) is 9.07. The molecule has 0 unspecified atom stereocenters. The summed E-state index contributed by atoms with van der Waals surface area (Å²) in [5, 5.41) is 10.4. The molecule has 7 nitrogen and oxygen atoms in total. The lowest BCUT2D eigenvalue weighted by molar-refractivity contribution is -0.384. The second-order valence-corrected chi connectivity index (χ2v) is 4.92. The van der Waals surface area contributed by atoms with Crippen molar-refractivity contribution in [3.05, 3.63) is 34.4 Å². The SMILES string of the molecule is C[C@H](CN)OS(=O)(=O)c1ccc([N+](=O)[O-])cc1. The van der Waals surface area contributed by atoms with Crippen LogP contribution in [0.15, 0.2) is 29.2 Å². The summed E-state index contributed by atoms with van der Waals surface area (Å²) in [4.78, 5) is 9.65. The van der Waals surface area contributed by atoms with Gasteiger partial charge in [0.1, 0.15) is 0 Å². The minimum atomic E-state index is -3.92. The van der Waals surface area contributed by atoms with Crippen molar-refractivity contribution >= 4 is 15.8 Å². The van der Waals surface area contributed by atoms with Crippen LogP contribution in [-0.2, 0) is 14.3 Å². The number of nitro groups is 1. The third kappa shape index (κ3) is 3.48. The first-order valence-electron chi connectivity index (χ1n) is 4.74. The van der Waals surface area contributed by atoms with Crippen molar-refractivity contribution in [2.24, 2.45) is 5.73 Å². The summed E-state index contributed by atoms with van der Waals surface area (Å²) in [7, 11) is -3.92. The quantitative estimate of drug-likeness (QED) is 0.472. The van der Waals surface area contributed by atoms with Crippen LogP contribution in [0.5, 0.6) is 0 Å². The molecule has 94 valence electrons. The van der Waals surface area contributed by atoms with Gasteiger partial charge in [-0.25, -0.2) is 0 Å². The minimum absolute atomic E-state index is 0.0617. The third-order valence-corrected chi connectivity index (χ3v) is 3.39. The average molecular weight is 260 g/mol. The molecule has 0 amide bonds. The molecular weight excluding hydrogens is 248 g/mol. The van der Waals surface area contributed by atoms with Gasteiger partial charge in [-0.2, -0.15) is 8.42 Å². The van der Waals surface area contributed by atoms with Crippen molar-refractivity contribution < 1.29 is 17.5 Å². The minimum Gasteiger partial charge on any atom is -0.328 e. The van der Waals surface area contributed by atoms with Gasteiger partial charge in [0.05, 0.1) is 15.9 Å². The number of nitrogens with zero attached hydrogens (tertiary/aromatic N) is 1. The summed E-state index contributed by atoms with van der Waals surface area (Å²) in [5.74, 6) is 0. The highest BCUT2D eigenvalue weighted by Gasteiger charge is 2.19. The van der Waals surface area contributed by atoms with E-state index in [2.05, 4.69) is 0 Å². The lowest BCUT2D eigenvalue weighted by Gasteiger charge is -2.10. The van der Waals surface area contributed by atoms with Gasteiger partial charge in [0.25, 0.3) is 15.8 Å². The Morgan fingerprint density at radius 3 is 2.35 bits per heavy atom. The molecule has 0 spiro atoms. The molecule has 0 heterocycles. The van der Waals surface area contributed by atoms with E-state index in [9.17, 15) is 18.5 Å². The molecule has 0 aromatic heterocycles. The summed E-state index contributed by atoms with van der Waals surface area (Å²) in [6.45, 7) is 1.58. The van der Waals surface area contributed by atoms with Crippen LogP contribution in [0.4, 0.5) is 5.69 Å². The van der Waals surface area contributed by atoms with E-state index in [1.54, 1.807) is 0 Å². The lowest BCUT2D eigenvalue weighted by atomic mass is 10.3. The van der Waals surface area contributed by atoms with Gasteiger partial charge >= 0.3 is 0 Å². The van der Waals surface area contributed by atoms with E-state index in [0.29, 0.717) is 0 Å². The Morgan fingerprint density at radius 2 is 1.94 bits per heavy atom. The van der Waals surface area contributed by atoms with E-state index in [4.69, 9.17) is 9.92 Å². The van der Waals surface area contributed by atoms with Gasteiger partial charge in [0.2, 0.25) is 0 Å². The van der Waals surface area contributed by atoms with Crippen molar-refractivity contribution in [2.45, 2.75) is 17.9 Å². The predicted octanol–water partition coefficient (Wildman–Crippen LogP) is 0.647. The van der Waals surface area contributed by atoms with Crippen LogP contribution in [0.1, 0.15) is 6.92 Å². The first-order chi connectivity index (χ1) is 7.86. The van der Waals surface area contributed by atoms with E-state index in [0.717, 1.165) is 24.3 Å². The molecule has 1 aromatic carbocycles. The summed E-state index contributed by atoms with van der Waals surface area (Å²) in [6, 6.07) is 4.44. The van der Waals surface area contributed by atoms with Gasteiger partial charge in [0.15, 0.2) is 0 Å². The van der Waals surface area contributed by atoms with Crippen LogP contribution in [-0.4, -0.2) is 26.0 Å². The molecule has 1 atom stereocenters. The smallest absolute Gasteiger partial charge is 0.297 e. The molecule has 0 aliphatic rings. The molecule has 0 aliphatic carbocycles. The third-order valence-electron chi connectivity index (χ3n) is 1.96. The van der Waals surface area contributed by atoms with Gasteiger partial charge in [-0.05, 0) is 19.1 Å². The molecule has 8 heteroatoms. The maximum Gasteiger partial charge on any atom is 0.297 e. The molecule has 1 rings (SSSR count). The highest BCUT2D eigenvalue weighted by Crippen LogP contribution is 2.18. The Labute approximate surface area is 98.5 Å². The normalized spacial score (nSPS) is 13.3. The number of hydrogen-bond acceptors (Lipinski definition) is 6. The number of rotatable bonds is 5. The first kappa shape index (κ1) is 13.6. The topological polar surface area (TPSA) is 113 Å². The monoisotopic (exact) mass is 260 g/mol. The first-order valence-corrected chi connectivity index (χ1v) is 6.15. The van der Waals surface area contributed by atoms with E-state index >= 15 is 0 Å². The van der Waals surface area contributed by atoms with Crippen LogP contribution in [0, 0.1) is 10.1 Å². The Bertz CT molecular complexity index is 497. The molecule has 0 fully saturated rings. The van der Waals surface area contributed by atoms with Crippen molar-refractivity contribution in [3.8, 4) is 0 Å². The van der Waals surface area contributed by atoms with E-state index in [1.807, 2.05) is 0 Å². The van der Waals surface area contributed by atoms with E-state index < -0.39 is 21.1 Å². The van der Waals surface area contributed by atoms with Crippen molar-refractivity contribution in [3.63, 3.8) is 0 Å². The van der Waals surface area contributed by atoms with Crippen molar-refractivity contribution in [1.29, 1.82) is 0 Å². The molecule has 0 radical (unpaired) electrons. The van der Waals surface area contributed by atoms with Gasteiger partial charge < -0.3 is 5.73 Å². The Morgan fingerprint density at radius 1 is 1.41 bits per heavy atom. The molecule has 0 bridgehead atoms. The van der Waals surface area contributed by atoms with Gasteiger partial charge in [-0.15, -0.1) is 0 Å². The zero-order valence-corrected chi connectivity index (χ0v) is 9.88. The zero-order chi connectivity index (χ0) is 13.1. The number of nitrogens with two attached hydrogens (primary N) is 1. The van der Waals surface area contributed by atoms with Crippen LogP contribution in [0.25, 0.3) is 0 Å². The fraction of sp³-hybridized carbons (Fsp3) is 0.333. The highest BCUT2D eigenvalue weighted by molar-refractivity contribution is 7.86. The number of non-ortho nitro benzene ring substituents is 1. The van der Waals surface area contributed by atoms with Crippen LogP contribution < -0.4 is 5.73 Å². The fourth-order valence-corrected chi connectivity index (χ4v) is 2.14. The molecule has 0 saturated carbocycles. The van der Waals surface area contributed by atoms with Gasteiger partial charge in [-0.1, -0.05) is 0 Å². The molecule has 2 N–H and O–H groups in total. The molecule has 17 heavy (non-hydrogen) atoms. The van der Waals surface area contributed by atoms with E-state index in [-0.39, 0.29) is 17.1 Å². The second kappa shape index (κ2) is 5.21. The molecular formula is C9H12N2O5S. The number of nitro benzene ring substituents is 1. The highest BCUT2D eigenvalue weighted by atomic mass is 32.2. The maximum absolute atomic E-state index is 11.6. The van der Waals surface area contributed by atoms with Crippen molar-refractivity contribution in [1.82, 2.24) is 0 Å². The molecule has 1 aromatic rings. The van der Waals surface area contributed by atoms with Gasteiger partial charge in [-0.3, -0.25) is 14.3 Å². The Kier molecular flexibility index (Phi) is 4.16. The van der Waals surface area contributed by atoms with Crippen LogP contribution in [0.2, 0.25) is 0 Å².